The highest BCUT2D eigenvalue weighted by molar-refractivity contribution is 6.30. The molecule has 2 fully saturated rings. The van der Waals surface area contributed by atoms with Crippen LogP contribution in [0.25, 0.3) is 0 Å². The van der Waals surface area contributed by atoms with Crippen LogP contribution < -0.4 is 0 Å². The summed E-state index contributed by atoms with van der Waals surface area (Å²) in [6.07, 6.45) is 18.2. The minimum absolute atomic E-state index is 0.0294. The van der Waals surface area contributed by atoms with Gasteiger partial charge in [0.2, 0.25) is 0 Å². The molecule has 2 aliphatic rings. The highest BCUT2D eigenvalue weighted by atomic mass is 35.5. The molecule has 0 N–H and O–H groups in total. The summed E-state index contributed by atoms with van der Waals surface area (Å²) in [7, 11) is 0. The van der Waals surface area contributed by atoms with Crippen molar-refractivity contribution in [3.8, 4) is 0 Å². The van der Waals surface area contributed by atoms with Crippen molar-refractivity contribution in [3.63, 3.8) is 0 Å². The molecule has 0 heterocycles. The van der Waals surface area contributed by atoms with E-state index in [2.05, 4.69) is 6.92 Å². The van der Waals surface area contributed by atoms with Crippen LogP contribution in [0.3, 0.4) is 0 Å². The topological polar surface area (TPSA) is 0 Å². The molecule has 0 saturated heterocycles. The maximum absolute atomic E-state index is 14.9. The van der Waals surface area contributed by atoms with Crippen LogP contribution in [0.2, 0.25) is 5.02 Å². The molecule has 0 atom stereocenters. The number of unbranched alkanes of at least 4 members (excludes halogenated alkanes) is 2. The molecule has 0 bridgehead atoms. The van der Waals surface area contributed by atoms with E-state index < -0.39 is 28.3 Å². The van der Waals surface area contributed by atoms with Crippen molar-refractivity contribution >= 4 is 11.6 Å². The molecule has 0 unspecified atom stereocenters. The van der Waals surface area contributed by atoms with E-state index in [1.54, 1.807) is 0 Å². The van der Waals surface area contributed by atoms with E-state index in [-0.39, 0.29) is 24.3 Å². The minimum Gasteiger partial charge on any atom is -0.207 e. The molecule has 2 aliphatic carbocycles. The van der Waals surface area contributed by atoms with Crippen LogP contribution >= 0.6 is 11.6 Å². The third kappa shape index (κ3) is 7.99. The fourth-order valence-corrected chi connectivity index (χ4v) is 6.98. The molecule has 5 heteroatoms. The lowest BCUT2D eigenvalue weighted by molar-refractivity contribution is 0.222. The molecule has 0 aromatic heterocycles. The molecule has 2 saturated carbocycles. The Morgan fingerprint density at radius 3 is 1.66 bits per heavy atom. The van der Waals surface area contributed by atoms with E-state index in [1.165, 1.54) is 76.3 Å². The maximum Gasteiger partial charge on any atom is 0.145 e. The van der Waals surface area contributed by atoms with Gasteiger partial charge in [0.05, 0.1) is 0 Å². The first-order valence-corrected chi connectivity index (χ1v) is 15.3. The standard InChI is InChI=1S/C33H43ClF4/c1-2-3-4-5-22-6-8-23(9-7-22)10-11-24-12-15-26(16-13-24)27-20-29(35)28(30(36)21-27)17-14-25-18-31(37)33(34)32(38)19-25/h18-24,26H,2-17H2,1H3. The van der Waals surface area contributed by atoms with Gasteiger partial charge in [0.1, 0.15) is 28.3 Å². The minimum atomic E-state index is -0.862. The Balaban J connectivity index is 1.22. The Bertz CT molecular complexity index is 989. The van der Waals surface area contributed by atoms with Crippen LogP contribution in [0.5, 0.6) is 0 Å². The summed E-state index contributed by atoms with van der Waals surface area (Å²) in [6, 6.07) is 5.19. The molecular weight excluding hydrogens is 508 g/mol. The molecule has 4 rings (SSSR count). The average molecular weight is 551 g/mol. The lowest BCUT2D eigenvalue weighted by Gasteiger charge is -2.32. The zero-order valence-electron chi connectivity index (χ0n) is 22.8. The summed E-state index contributed by atoms with van der Waals surface area (Å²) >= 11 is 5.52. The van der Waals surface area contributed by atoms with Gasteiger partial charge in [-0.25, -0.2) is 17.6 Å². The smallest absolute Gasteiger partial charge is 0.145 e. The zero-order chi connectivity index (χ0) is 27.1. The van der Waals surface area contributed by atoms with Gasteiger partial charge < -0.3 is 0 Å². The van der Waals surface area contributed by atoms with Crippen LogP contribution in [0.1, 0.15) is 119 Å². The van der Waals surface area contributed by atoms with E-state index >= 15 is 0 Å². The predicted octanol–water partition coefficient (Wildman–Crippen LogP) is 11.1. The molecular formula is C33H43ClF4. The molecule has 0 spiro atoms. The Morgan fingerprint density at radius 2 is 1.13 bits per heavy atom. The van der Waals surface area contributed by atoms with Gasteiger partial charge in [-0.1, -0.05) is 82.7 Å². The largest absolute Gasteiger partial charge is 0.207 e. The third-order valence-corrected chi connectivity index (χ3v) is 9.72. The van der Waals surface area contributed by atoms with Crippen molar-refractivity contribution in [2.75, 3.05) is 0 Å². The Labute approximate surface area is 231 Å². The fraction of sp³-hybridized carbons (Fsp3) is 0.636. The molecule has 2 aromatic rings. The van der Waals surface area contributed by atoms with Gasteiger partial charge in [-0.2, -0.15) is 0 Å². The van der Waals surface area contributed by atoms with E-state index in [0.29, 0.717) is 5.56 Å². The number of hydrogen-bond donors (Lipinski definition) is 0. The molecule has 38 heavy (non-hydrogen) atoms. The Morgan fingerprint density at radius 1 is 0.632 bits per heavy atom. The summed E-state index contributed by atoms with van der Waals surface area (Å²) in [4.78, 5) is 0. The third-order valence-electron chi connectivity index (χ3n) is 9.35. The quantitative estimate of drug-likeness (QED) is 0.148. The summed E-state index contributed by atoms with van der Waals surface area (Å²) in [5.41, 5.74) is 1.04. The Hall–Kier alpha value is -1.55. The van der Waals surface area contributed by atoms with Crippen molar-refractivity contribution in [2.45, 2.75) is 116 Å². The highest BCUT2D eigenvalue weighted by Crippen LogP contribution is 2.41. The van der Waals surface area contributed by atoms with Crippen molar-refractivity contribution in [2.24, 2.45) is 17.8 Å². The first-order valence-electron chi connectivity index (χ1n) is 14.9. The van der Waals surface area contributed by atoms with Gasteiger partial charge in [0.15, 0.2) is 0 Å². The first kappa shape index (κ1) is 29.4. The van der Waals surface area contributed by atoms with Gasteiger partial charge >= 0.3 is 0 Å². The summed E-state index contributed by atoms with van der Waals surface area (Å²) in [5.74, 6) is -0.0669. The van der Waals surface area contributed by atoms with Crippen LogP contribution in [0.4, 0.5) is 17.6 Å². The second-order valence-corrected chi connectivity index (χ2v) is 12.4. The molecule has 0 nitrogen and oxygen atoms in total. The summed E-state index contributed by atoms with van der Waals surface area (Å²) < 4.78 is 57.2. The first-order chi connectivity index (χ1) is 18.3. The summed E-state index contributed by atoms with van der Waals surface area (Å²) in [6.45, 7) is 2.28. The van der Waals surface area contributed by atoms with Crippen LogP contribution in [-0.2, 0) is 12.8 Å². The second-order valence-electron chi connectivity index (χ2n) is 12.0. The number of rotatable bonds is 11. The lowest BCUT2D eigenvalue weighted by atomic mass is 9.74. The van der Waals surface area contributed by atoms with E-state index in [4.69, 9.17) is 11.6 Å². The van der Waals surface area contributed by atoms with Gasteiger partial charge in [-0.05, 0) is 97.6 Å². The number of halogens is 5. The molecule has 2 aromatic carbocycles. The highest BCUT2D eigenvalue weighted by Gasteiger charge is 2.26. The van der Waals surface area contributed by atoms with Crippen molar-refractivity contribution in [1.82, 2.24) is 0 Å². The average Bonchev–Trinajstić information content (AvgIpc) is 2.91. The van der Waals surface area contributed by atoms with E-state index in [1.807, 2.05) is 0 Å². The van der Waals surface area contributed by atoms with Gasteiger partial charge in [-0.3, -0.25) is 0 Å². The number of aryl methyl sites for hydroxylation is 1. The van der Waals surface area contributed by atoms with Crippen LogP contribution in [0.15, 0.2) is 24.3 Å². The van der Waals surface area contributed by atoms with Crippen molar-refractivity contribution in [1.29, 1.82) is 0 Å². The van der Waals surface area contributed by atoms with E-state index in [0.717, 1.165) is 61.1 Å². The van der Waals surface area contributed by atoms with Crippen molar-refractivity contribution < 1.29 is 17.6 Å². The molecule has 210 valence electrons. The molecule has 0 radical (unpaired) electrons. The predicted molar refractivity (Wildman–Crippen MR) is 149 cm³/mol. The zero-order valence-corrected chi connectivity index (χ0v) is 23.6. The van der Waals surface area contributed by atoms with Gasteiger partial charge in [-0.15, -0.1) is 0 Å². The number of benzene rings is 2. The molecule has 0 aliphatic heterocycles. The van der Waals surface area contributed by atoms with Gasteiger partial charge in [0.25, 0.3) is 0 Å². The maximum atomic E-state index is 14.9. The normalized spacial score (nSPS) is 24.1. The summed E-state index contributed by atoms with van der Waals surface area (Å²) in [5, 5.41) is -0.564. The molecule has 0 amide bonds. The van der Waals surface area contributed by atoms with Crippen molar-refractivity contribution in [3.05, 3.63) is 69.2 Å². The van der Waals surface area contributed by atoms with E-state index in [9.17, 15) is 17.6 Å². The lowest BCUT2D eigenvalue weighted by Crippen LogP contribution is -2.18. The van der Waals surface area contributed by atoms with Crippen LogP contribution in [0, 0.1) is 41.0 Å². The van der Waals surface area contributed by atoms with Crippen LogP contribution in [-0.4, -0.2) is 0 Å². The Kier molecular flexibility index (Phi) is 11.0. The monoisotopic (exact) mass is 550 g/mol. The van der Waals surface area contributed by atoms with Gasteiger partial charge in [0, 0.05) is 5.56 Å². The second kappa shape index (κ2) is 14.2. The number of hydrogen-bond acceptors (Lipinski definition) is 0. The fourth-order valence-electron chi connectivity index (χ4n) is 6.87. The SMILES string of the molecule is CCCCCC1CCC(CCC2CCC(c3cc(F)c(CCc4cc(F)c(Cl)c(F)c4)c(F)c3)CC2)CC1.